The van der Waals surface area contributed by atoms with Crippen LogP contribution < -0.4 is 5.73 Å². The van der Waals surface area contributed by atoms with Crippen molar-refractivity contribution in [1.82, 2.24) is 0 Å². The van der Waals surface area contributed by atoms with Crippen LogP contribution >= 0.6 is 15.9 Å². The number of hydrogen-bond donors (Lipinski definition) is 3. The van der Waals surface area contributed by atoms with Crippen molar-refractivity contribution in [3.8, 4) is 0 Å². The number of carbonyl (C=O) groups excluding carboxylic acids is 1. The SMILES string of the molecule is Cc1ccc(Br)cc1C(O)C(O)CC(N)=O. The molecule has 4 N–H and O–H groups in total. The smallest absolute Gasteiger partial charge is 0.220 e. The molecule has 1 aromatic rings. The molecule has 0 saturated carbocycles. The van der Waals surface area contributed by atoms with Crippen LogP contribution in [0, 0.1) is 6.92 Å². The van der Waals surface area contributed by atoms with Gasteiger partial charge < -0.3 is 15.9 Å². The van der Waals surface area contributed by atoms with Crippen LogP contribution in [0.3, 0.4) is 0 Å². The molecule has 5 heteroatoms. The van der Waals surface area contributed by atoms with Crippen LogP contribution in [0.4, 0.5) is 0 Å². The fraction of sp³-hybridized carbons (Fsp3) is 0.364. The number of aliphatic hydroxyl groups is 2. The molecule has 0 saturated heterocycles. The number of hydrogen-bond acceptors (Lipinski definition) is 3. The zero-order valence-electron chi connectivity index (χ0n) is 8.85. The van der Waals surface area contributed by atoms with E-state index >= 15 is 0 Å². The molecule has 0 spiro atoms. The van der Waals surface area contributed by atoms with E-state index in [9.17, 15) is 15.0 Å². The summed E-state index contributed by atoms with van der Waals surface area (Å²) >= 11 is 3.28. The number of primary amides is 1. The van der Waals surface area contributed by atoms with Gasteiger partial charge in [-0.05, 0) is 30.2 Å². The van der Waals surface area contributed by atoms with Gasteiger partial charge in [0.15, 0.2) is 0 Å². The van der Waals surface area contributed by atoms with Crippen molar-refractivity contribution >= 4 is 21.8 Å². The zero-order valence-corrected chi connectivity index (χ0v) is 10.4. The lowest BCUT2D eigenvalue weighted by Gasteiger charge is -2.19. The van der Waals surface area contributed by atoms with Crippen LogP contribution in [0.15, 0.2) is 22.7 Å². The maximum absolute atomic E-state index is 10.6. The first-order valence-electron chi connectivity index (χ1n) is 4.82. The van der Waals surface area contributed by atoms with Gasteiger partial charge in [-0.3, -0.25) is 4.79 Å². The molecule has 2 unspecified atom stereocenters. The van der Waals surface area contributed by atoms with E-state index in [-0.39, 0.29) is 6.42 Å². The molecular weight excluding hydrogens is 274 g/mol. The van der Waals surface area contributed by atoms with Gasteiger partial charge in [0.05, 0.1) is 12.5 Å². The molecule has 2 atom stereocenters. The Morgan fingerprint density at radius 3 is 2.69 bits per heavy atom. The zero-order chi connectivity index (χ0) is 12.3. The number of amides is 1. The number of carbonyl (C=O) groups is 1. The van der Waals surface area contributed by atoms with Crippen LogP contribution in [0.5, 0.6) is 0 Å². The van der Waals surface area contributed by atoms with Crippen LogP contribution in [0.1, 0.15) is 23.7 Å². The van der Waals surface area contributed by atoms with E-state index in [4.69, 9.17) is 5.73 Å². The number of benzene rings is 1. The maximum atomic E-state index is 10.6. The Hall–Kier alpha value is -0.910. The second-order valence-corrected chi connectivity index (χ2v) is 4.60. The Morgan fingerprint density at radius 1 is 1.50 bits per heavy atom. The number of nitrogens with two attached hydrogens (primary N) is 1. The van der Waals surface area contributed by atoms with Gasteiger partial charge in [0.2, 0.25) is 5.91 Å². The maximum Gasteiger partial charge on any atom is 0.220 e. The molecule has 0 heterocycles. The lowest BCUT2D eigenvalue weighted by Crippen LogP contribution is -2.26. The van der Waals surface area contributed by atoms with Crippen molar-refractivity contribution in [3.63, 3.8) is 0 Å². The molecule has 1 rings (SSSR count). The second-order valence-electron chi connectivity index (χ2n) is 3.68. The summed E-state index contributed by atoms with van der Waals surface area (Å²) in [6.45, 7) is 1.82. The first kappa shape index (κ1) is 13.2. The third-order valence-corrected chi connectivity index (χ3v) is 2.83. The molecule has 0 aliphatic rings. The highest BCUT2D eigenvalue weighted by atomic mass is 79.9. The Labute approximate surface area is 102 Å². The Balaban J connectivity index is 2.90. The van der Waals surface area contributed by atoms with Crippen molar-refractivity contribution in [2.24, 2.45) is 5.73 Å². The van der Waals surface area contributed by atoms with Crippen molar-refractivity contribution in [1.29, 1.82) is 0 Å². The highest BCUT2D eigenvalue weighted by molar-refractivity contribution is 9.10. The highest BCUT2D eigenvalue weighted by Crippen LogP contribution is 2.25. The molecule has 16 heavy (non-hydrogen) atoms. The largest absolute Gasteiger partial charge is 0.390 e. The Morgan fingerprint density at radius 2 is 2.12 bits per heavy atom. The van der Waals surface area contributed by atoms with E-state index in [1.54, 1.807) is 6.07 Å². The first-order valence-corrected chi connectivity index (χ1v) is 5.61. The minimum Gasteiger partial charge on any atom is -0.390 e. The second kappa shape index (κ2) is 5.43. The van der Waals surface area contributed by atoms with Crippen molar-refractivity contribution in [2.45, 2.75) is 25.6 Å². The molecule has 1 aromatic carbocycles. The van der Waals surface area contributed by atoms with Crippen LogP contribution in [0.25, 0.3) is 0 Å². The standard InChI is InChI=1S/C11H14BrNO3/c1-6-2-3-7(12)4-8(6)11(16)9(14)5-10(13)15/h2-4,9,11,14,16H,5H2,1H3,(H2,13,15). The lowest BCUT2D eigenvalue weighted by molar-refractivity contribution is -0.121. The quantitative estimate of drug-likeness (QED) is 0.773. The van der Waals surface area contributed by atoms with Gasteiger partial charge in [-0.1, -0.05) is 22.0 Å². The van der Waals surface area contributed by atoms with E-state index in [2.05, 4.69) is 15.9 Å². The predicted molar refractivity (Wildman–Crippen MR) is 63.7 cm³/mol. The van der Waals surface area contributed by atoms with E-state index in [0.717, 1.165) is 10.0 Å². The van der Waals surface area contributed by atoms with Crippen molar-refractivity contribution in [2.75, 3.05) is 0 Å². The van der Waals surface area contributed by atoms with Crippen LogP contribution in [-0.2, 0) is 4.79 Å². The van der Waals surface area contributed by atoms with Gasteiger partial charge in [-0.25, -0.2) is 0 Å². The minimum absolute atomic E-state index is 0.257. The monoisotopic (exact) mass is 287 g/mol. The van der Waals surface area contributed by atoms with Crippen molar-refractivity contribution < 1.29 is 15.0 Å². The molecule has 0 aromatic heterocycles. The third kappa shape index (κ3) is 3.30. The fourth-order valence-electron chi connectivity index (χ4n) is 1.46. The summed E-state index contributed by atoms with van der Waals surface area (Å²) in [6.07, 6.45) is -2.54. The number of rotatable bonds is 4. The Bertz CT molecular complexity index is 395. The highest BCUT2D eigenvalue weighted by Gasteiger charge is 2.21. The molecule has 4 nitrogen and oxygen atoms in total. The van der Waals surface area contributed by atoms with E-state index in [1.165, 1.54) is 0 Å². The average molecular weight is 288 g/mol. The van der Waals surface area contributed by atoms with E-state index < -0.39 is 18.1 Å². The molecule has 0 fully saturated rings. The Kier molecular flexibility index (Phi) is 4.46. The summed E-state index contributed by atoms with van der Waals surface area (Å²) in [7, 11) is 0. The number of halogens is 1. The fourth-order valence-corrected chi connectivity index (χ4v) is 1.83. The first-order chi connectivity index (χ1) is 7.41. The van der Waals surface area contributed by atoms with Gasteiger partial charge in [0.1, 0.15) is 6.10 Å². The molecule has 0 bridgehead atoms. The molecule has 88 valence electrons. The third-order valence-electron chi connectivity index (χ3n) is 2.33. The van der Waals surface area contributed by atoms with Gasteiger partial charge >= 0.3 is 0 Å². The molecular formula is C11H14BrNO3. The summed E-state index contributed by atoms with van der Waals surface area (Å²) in [5.74, 6) is -0.640. The molecule has 0 aliphatic heterocycles. The predicted octanol–water partition coefficient (Wildman–Crippen LogP) is 1.03. The topological polar surface area (TPSA) is 83.6 Å². The van der Waals surface area contributed by atoms with Gasteiger partial charge in [0, 0.05) is 4.47 Å². The summed E-state index contributed by atoms with van der Waals surface area (Å²) in [5, 5.41) is 19.5. The molecule has 0 aliphatic carbocycles. The molecule has 1 amide bonds. The van der Waals surface area contributed by atoms with Gasteiger partial charge in [0.25, 0.3) is 0 Å². The summed E-state index contributed by atoms with van der Waals surface area (Å²) < 4.78 is 0.804. The van der Waals surface area contributed by atoms with Crippen molar-refractivity contribution in [3.05, 3.63) is 33.8 Å². The number of aryl methyl sites for hydroxylation is 1. The molecule has 0 radical (unpaired) electrons. The summed E-state index contributed by atoms with van der Waals surface area (Å²) in [4.78, 5) is 10.6. The summed E-state index contributed by atoms with van der Waals surface area (Å²) in [5.41, 5.74) is 6.39. The van der Waals surface area contributed by atoms with Gasteiger partial charge in [-0.15, -0.1) is 0 Å². The van der Waals surface area contributed by atoms with E-state index in [1.807, 2.05) is 19.1 Å². The van der Waals surface area contributed by atoms with Crippen LogP contribution in [0.2, 0.25) is 0 Å². The normalized spacial score (nSPS) is 14.5. The van der Waals surface area contributed by atoms with Gasteiger partial charge in [-0.2, -0.15) is 0 Å². The number of aliphatic hydroxyl groups excluding tert-OH is 2. The lowest BCUT2D eigenvalue weighted by atomic mass is 9.98. The minimum atomic E-state index is -1.18. The van der Waals surface area contributed by atoms with E-state index in [0.29, 0.717) is 5.56 Å². The summed E-state index contributed by atoms with van der Waals surface area (Å²) in [6, 6.07) is 5.37. The average Bonchev–Trinajstić information content (AvgIpc) is 2.19. The van der Waals surface area contributed by atoms with Crippen LogP contribution in [-0.4, -0.2) is 22.2 Å².